The summed E-state index contributed by atoms with van der Waals surface area (Å²) in [6.07, 6.45) is 0.996. The van der Waals surface area contributed by atoms with E-state index in [1.165, 1.54) is 11.0 Å². The molecule has 4 nitrogen and oxygen atoms in total. The van der Waals surface area contributed by atoms with Crippen molar-refractivity contribution < 1.29 is 22.0 Å². The van der Waals surface area contributed by atoms with Gasteiger partial charge in [0, 0.05) is 24.6 Å². The minimum absolute atomic E-state index is 0.216. The number of benzene rings is 1. The van der Waals surface area contributed by atoms with Crippen LogP contribution in [0.3, 0.4) is 0 Å². The summed E-state index contributed by atoms with van der Waals surface area (Å²) in [6.45, 7) is 2.18. The highest BCUT2D eigenvalue weighted by Crippen LogP contribution is 2.28. The van der Waals surface area contributed by atoms with Crippen molar-refractivity contribution in [3.8, 4) is 0 Å². The number of nitrogens with two attached hydrogens (primary N) is 1. The third-order valence-corrected chi connectivity index (χ3v) is 3.01. The fourth-order valence-electron chi connectivity index (χ4n) is 1.96. The summed E-state index contributed by atoms with van der Waals surface area (Å²) in [5.74, 6) is -9.82. The van der Waals surface area contributed by atoms with Crippen molar-refractivity contribution in [2.75, 3.05) is 0 Å². The number of rotatable bonds is 4. The third kappa shape index (κ3) is 2.60. The highest BCUT2D eigenvalue weighted by Gasteiger charge is 2.29. The highest BCUT2D eigenvalue weighted by atomic mass is 19.2. The monoisotopic (exact) mass is 306 g/mol. The molecule has 0 saturated heterocycles. The normalized spacial score (nSPS) is 12.7. The molecule has 2 aromatic rings. The summed E-state index contributed by atoms with van der Waals surface area (Å²) in [5.41, 5.74) is 4.52. The zero-order chi connectivity index (χ0) is 15.7. The predicted molar refractivity (Wildman–Crippen MR) is 62.6 cm³/mol. The molecular weight excluding hydrogens is 295 g/mol. The van der Waals surface area contributed by atoms with Gasteiger partial charge in [-0.2, -0.15) is 5.10 Å². The molecular formula is C12H11F5N4. The second-order valence-electron chi connectivity index (χ2n) is 4.29. The van der Waals surface area contributed by atoms with E-state index >= 15 is 0 Å². The van der Waals surface area contributed by atoms with E-state index in [0.717, 1.165) is 0 Å². The standard InChI is InChI=1S/C12H11F5N4/c1-2-21-6(19-4-20-21)3-5(18)7-8(13)10(15)12(17)11(16)9(7)14/h4-5H,2-3,18H2,1H3. The van der Waals surface area contributed by atoms with Crippen molar-refractivity contribution in [3.63, 3.8) is 0 Å². The lowest BCUT2D eigenvalue weighted by atomic mass is 10.0. The first-order valence-corrected chi connectivity index (χ1v) is 6.02. The zero-order valence-corrected chi connectivity index (χ0v) is 10.9. The van der Waals surface area contributed by atoms with E-state index in [4.69, 9.17) is 5.73 Å². The van der Waals surface area contributed by atoms with Crippen LogP contribution in [0.1, 0.15) is 24.4 Å². The molecule has 9 heteroatoms. The Kier molecular flexibility index (Phi) is 4.21. The Bertz CT molecular complexity index is 641. The van der Waals surface area contributed by atoms with E-state index in [0.29, 0.717) is 6.54 Å². The number of hydrogen-bond acceptors (Lipinski definition) is 3. The molecule has 1 heterocycles. The molecule has 0 aliphatic carbocycles. The van der Waals surface area contributed by atoms with Gasteiger partial charge in [0.1, 0.15) is 12.2 Å². The van der Waals surface area contributed by atoms with Gasteiger partial charge in [-0.15, -0.1) is 0 Å². The Morgan fingerprint density at radius 3 is 2.10 bits per heavy atom. The molecule has 1 aromatic carbocycles. The first-order chi connectivity index (χ1) is 9.88. The molecule has 1 aromatic heterocycles. The molecule has 0 spiro atoms. The van der Waals surface area contributed by atoms with Crippen LogP contribution in [0.15, 0.2) is 6.33 Å². The van der Waals surface area contributed by atoms with Crippen LogP contribution >= 0.6 is 0 Å². The summed E-state index contributed by atoms with van der Waals surface area (Å²) < 4.78 is 67.9. The molecule has 0 amide bonds. The number of nitrogens with zero attached hydrogens (tertiary/aromatic N) is 3. The maximum atomic E-state index is 13.6. The molecule has 0 bridgehead atoms. The fraction of sp³-hybridized carbons (Fsp3) is 0.333. The highest BCUT2D eigenvalue weighted by molar-refractivity contribution is 5.27. The number of halogens is 5. The Labute approximate surface area is 116 Å². The van der Waals surface area contributed by atoms with Crippen LogP contribution in [-0.2, 0) is 13.0 Å². The van der Waals surface area contributed by atoms with E-state index in [1.807, 2.05) is 0 Å². The topological polar surface area (TPSA) is 56.7 Å². The third-order valence-electron chi connectivity index (χ3n) is 3.01. The van der Waals surface area contributed by atoms with Gasteiger partial charge in [0.25, 0.3) is 0 Å². The van der Waals surface area contributed by atoms with Crippen molar-refractivity contribution >= 4 is 0 Å². The minimum atomic E-state index is -2.21. The van der Waals surface area contributed by atoms with Crippen LogP contribution in [0, 0.1) is 29.1 Å². The van der Waals surface area contributed by atoms with Crippen molar-refractivity contribution in [3.05, 3.63) is 46.8 Å². The molecule has 21 heavy (non-hydrogen) atoms. The van der Waals surface area contributed by atoms with Crippen molar-refractivity contribution in [1.29, 1.82) is 0 Å². The first-order valence-electron chi connectivity index (χ1n) is 6.02. The predicted octanol–water partition coefficient (Wildman–Crippen LogP) is 2.24. The van der Waals surface area contributed by atoms with Crippen LogP contribution in [0.5, 0.6) is 0 Å². The van der Waals surface area contributed by atoms with Gasteiger partial charge in [-0.25, -0.2) is 26.9 Å². The van der Waals surface area contributed by atoms with Gasteiger partial charge in [0.2, 0.25) is 5.82 Å². The molecule has 2 N–H and O–H groups in total. The molecule has 1 atom stereocenters. The van der Waals surface area contributed by atoms with Crippen LogP contribution < -0.4 is 5.73 Å². The number of aryl methyl sites for hydroxylation is 1. The summed E-state index contributed by atoms with van der Waals surface area (Å²) in [4.78, 5) is 3.84. The molecule has 0 aliphatic heterocycles. The molecule has 1 unspecified atom stereocenters. The zero-order valence-electron chi connectivity index (χ0n) is 10.9. The maximum Gasteiger partial charge on any atom is 0.200 e. The van der Waals surface area contributed by atoms with Gasteiger partial charge in [-0.1, -0.05) is 0 Å². The maximum absolute atomic E-state index is 13.6. The lowest BCUT2D eigenvalue weighted by Crippen LogP contribution is -2.21. The number of aromatic nitrogens is 3. The van der Waals surface area contributed by atoms with Gasteiger partial charge in [-0.05, 0) is 6.92 Å². The number of hydrogen-bond donors (Lipinski definition) is 1. The summed E-state index contributed by atoms with van der Waals surface area (Å²) >= 11 is 0. The van der Waals surface area contributed by atoms with Crippen LogP contribution in [0.2, 0.25) is 0 Å². The average Bonchev–Trinajstić information content (AvgIpc) is 2.90. The van der Waals surface area contributed by atoms with Crippen LogP contribution in [-0.4, -0.2) is 14.8 Å². The molecule has 0 aliphatic rings. The second-order valence-corrected chi connectivity index (χ2v) is 4.29. The largest absolute Gasteiger partial charge is 0.323 e. The molecule has 0 fully saturated rings. The quantitative estimate of drug-likeness (QED) is 0.535. The first kappa shape index (κ1) is 15.4. The lowest BCUT2D eigenvalue weighted by Gasteiger charge is -2.15. The molecule has 0 radical (unpaired) electrons. The van der Waals surface area contributed by atoms with E-state index < -0.39 is 40.7 Å². The van der Waals surface area contributed by atoms with Crippen LogP contribution in [0.4, 0.5) is 22.0 Å². The smallest absolute Gasteiger partial charge is 0.200 e. The van der Waals surface area contributed by atoms with E-state index in [9.17, 15) is 22.0 Å². The molecule has 114 valence electrons. The molecule has 2 rings (SSSR count). The van der Waals surface area contributed by atoms with E-state index in [1.54, 1.807) is 6.92 Å². The van der Waals surface area contributed by atoms with E-state index in [2.05, 4.69) is 10.1 Å². The van der Waals surface area contributed by atoms with Gasteiger partial charge < -0.3 is 5.73 Å². The van der Waals surface area contributed by atoms with Gasteiger partial charge in [-0.3, -0.25) is 4.68 Å². The summed E-state index contributed by atoms with van der Waals surface area (Å²) in [6, 6.07) is -1.44. The SMILES string of the molecule is CCn1ncnc1CC(N)c1c(F)c(F)c(F)c(F)c1F. The minimum Gasteiger partial charge on any atom is -0.323 e. The van der Waals surface area contributed by atoms with Crippen LogP contribution in [0.25, 0.3) is 0 Å². The Morgan fingerprint density at radius 2 is 1.57 bits per heavy atom. The Hall–Kier alpha value is -2.03. The Balaban J connectivity index is 2.42. The van der Waals surface area contributed by atoms with Crippen molar-refractivity contribution in [2.45, 2.75) is 25.9 Å². The average molecular weight is 306 g/mol. The van der Waals surface area contributed by atoms with Crippen molar-refractivity contribution in [1.82, 2.24) is 14.8 Å². The van der Waals surface area contributed by atoms with Crippen molar-refractivity contribution in [2.24, 2.45) is 5.73 Å². The lowest BCUT2D eigenvalue weighted by molar-refractivity contribution is 0.363. The van der Waals surface area contributed by atoms with Gasteiger partial charge in [0.05, 0.1) is 0 Å². The summed E-state index contributed by atoms with van der Waals surface area (Å²) in [7, 11) is 0. The molecule has 0 saturated carbocycles. The fourth-order valence-corrected chi connectivity index (χ4v) is 1.96. The Morgan fingerprint density at radius 1 is 1.05 bits per heavy atom. The van der Waals surface area contributed by atoms with Gasteiger partial charge in [0.15, 0.2) is 23.3 Å². The van der Waals surface area contributed by atoms with E-state index in [-0.39, 0.29) is 12.2 Å². The summed E-state index contributed by atoms with van der Waals surface area (Å²) in [5, 5.41) is 3.83. The van der Waals surface area contributed by atoms with Gasteiger partial charge >= 0.3 is 0 Å². The second kappa shape index (κ2) is 5.76.